The van der Waals surface area contributed by atoms with Crippen molar-refractivity contribution < 1.29 is 115 Å². The number of allylic oxidation sites excluding steroid dienone is 6. The van der Waals surface area contributed by atoms with E-state index in [1.165, 1.54) is 23.9 Å². The summed E-state index contributed by atoms with van der Waals surface area (Å²) in [5.74, 6) is -8.60. The number of carbonyl (C=O) groups is 7. The number of rotatable bonds is 38. The van der Waals surface area contributed by atoms with Crippen molar-refractivity contribution in [2.24, 2.45) is 35.5 Å². The van der Waals surface area contributed by atoms with Crippen LogP contribution in [0.5, 0.6) is 0 Å². The number of aliphatic hydroxyl groups is 2. The number of Topliss-reactive ketones (excluding diaryl/α,β-unsaturated/α-hetero) is 3. The minimum atomic E-state index is -2.48. The SMILES string of the molecule is CO[C@H]1C[C@@H]2CC[C@@H](C)[C@@](O)(O2)C(=O)C(=O)N2CCCC[C@H]2C(=O)O[C@H]([C@H](C)C[C@@H]2CC[C@@H](OC(=O)CCCOCCOCCOCCOCCOCCOCCOCCOCCC(=O)N3CCc4cc(Cn5nc(-c6ccc7oc(N)nc7c6)c6c(N)ncnc65)ccc4C3)[C@H](OC)C2)CC(=O)[C@H](C)/C=C(\C)[C@@H](O)[C@@H](OC)C(=O)[C@H](C)C[C@H](C)/C=C/C=C/C=C/1C. The Kier molecular flexibility index (Phi) is 40.4. The van der Waals surface area contributed by atoms with Gasteiger partial charge in [0.15, 0.2) is 17.0 Å². The van der Waals surface area contributed by atoms with Crippen LogP contribution < -0.4 is 11.5 Å². The van der Waals surface area contributed by atoms with E-state index in [0.717, 1.165) is 28.7 Å². The number of carbonyl (C=O) groups excluding carboxylic acids is 7. The van der Waals surface area contributed by atoms with Gasteiger partial charge in [-0.3, -0.25) is 28.8 Å². The zero-order valence-electron chi connectivity index (χ0n) is 75.7. The average molecular weight is 1780 g/mol. The summed E-state index contributed by atoms with van der Waals surface area (Å²) in [5.41, 5.74) is 19.9. The minimum Gasteiger partial charge on any atom is -0.460 e. The summed E-state index contributed by atoms with van der Waals surface area (Å²) >= 11 is 0. The van der Waals surface area contributed by atoms with E-state index >= 15 is 0 Å². The number of oxazole rings is 1. The van der Waals surface area contributed by atoms with Crippen molar-refractivity contribution in [2.75, 3.05) is 152 Å². The number of cyclic esters (lactones) is 1. The smallest absolute Gasteiger partial charge is 0.329 e. The highest BCUT2D eigenvalue weighted by Crippen LogP contribution is 2.40. The van der Waals surface area contributed by atoms with Crippen LogP contribution in [-0.2, 0) is 119 Å². The van der Waals surface area contributed by atoms with E-state index in [1.807, 2.05) is 72.9 Å². The van der Waals surface area contributed by atoms with Crippen molar-refractivity contribution in [1.29, 1.82) is 0 Å². The quantitative estimate of drug-likeness (QED) is 0.0123. The van der Waals surface area contributed by atoms with Gasteiger partial charge in [0.2, 0.25) is 11.7 Å². The second-order valence-corrected chi connectivity index (χ2v) is 34.2. The lowest BCUT2D eigenvalue weighted by atomic mass is 9.78. The van der Waals surface area contributed by atoms with Crippen molar-refractivity contribution in [1.82, 2.24) is 34.5 Å². The number of aliphatic hydroxyl groups excluding tert-OH is 1. The summed E-state index contributed by atoms with van der Waals surface area (Å²) in [6.45, 7) is 20.3. The van der Waals surface area contributed by atoms with Crippen molar-refractivity contribution in [2.45, 2.75) is 219 Å². The Balaban J connectivity index is 0.552. The van der Waals surface area contributed by atoms with Gasteiger partial charge in [-0.1, -0.05) is 89.3 Å². The molecule has 5 aromatic rings. The molecular formula is C94H135N9O24. The Morgan fingerprint density at radius 1 is 0.693 bits per heavy atom. The molecule has 6 N–H and O–H groups in total. The first-order valence-electron chi connectivity index (χ1n) is 45.1. The first-order valence-corrected chi connectivity index (χ1v) is 45.1. The van der Waals surface area contributed by atoms with Crippen molar-refractivity contribution in [3.05, 3.63) is 107 Å². The number of nitrogens with zero attached hydrogens (tertiary/aromatic N) is 7. The molecule has 700 valence electrons. The first kappa shape index (κ1) is 100. The van der Waals surface area contributed by atoms with E-state index in [1.54, 1.807) is 54.1 Å². The zero-order valence-corrected chi connectivity index (χ0v) is 75.7. The number of anilines is 2. The highest BCUT2D eigenvalue weighted by molar-refractivity contribution is 6.39. The fraction of sp³-hybridized carbons (Fsp3) is 0.649. The number of fused-ring (bicyclic) bond motifs is 6. The number of piperidine rings is 1. The maximum Gasteiger partial charge on any atom is 0.329 e. The molecule has 2 bridgehead atoms. The van der Waals surface area contributed by atoms with Crippen LogP contribution in [0, 0.1) is 35.5 Å². The van der Waals surface area contributed by atoms with Gasteiger partial charge in [0.25, 0.3) is 17.7 Å². The summed E-state index contributed by atoms with van der Waals surface area (Å²) in [7, 11) is 4.51. The highest BCUT2D eigenvalue weighted by atomic mass is 16.6. The highest BCUT2D eigenvalue weighted by Gasteiger charge is 2.53. The number of amides is 2. The van der Waals surface area contributed by atoms with Gasteiger partial charge in [-0.15, -0.1) is 0 Å². The van der Waals surface area contributed by atoms with Crippen LogP contribution in [0.25, 0.3) is 33.4 Å². The average Bonchev–Trinajstić information content (AvgIpc) is 1.71. The Hall–Kier alpha value is -8.65. The molecule has 15 atom stereocenters. The van der Waals surface area contributed by atoms with Gasteiger partial charge in [-0.05, 0) is 155 Å². The molecule has 10 rings (SSSR count). The topological polar surface area (TPSA) is 417 Å². The molecule has 0 spiro atoms. The van der Waals surface area contributed by atoms with Crippen molar-refractivity contribution >= 4 is 75.1 Å². The van der Waals surface area contributed by atoms with Crippen LogP contribution >= 0.6 is 0 Å². The fourth-order valence-corrected chi connectivity index (χ4v) is 17.3. The summed E-state index contributed by atoms with van der Waals surface area (Å²) in [6.07, 6.45) is 13.2. The predicted molar refractivity (Wildman–Crippen MR) is 471 cm³/mol. The van der Waals surface area contributed by atoms with Crippen LogP contribution in [0.15, 0.2) is 94.7 Å². The van der Waals surface area contributed by atoms with E-state index in [0.29, 0.717) is 229 Å². The van der Waals surface area contributed by atoms with Gasteiger partial charge in [-0.25, -0.2) is 19.4 Å². The predicted octanol–water partition coefficient (Wildman–Crippen LogP) is 9.78. The molecule has 127 heavy (non-hydrogen) atoms. The fourth-order valence-electron chi connectivity index (χ4n) is 17.3. The lowest BCUT2D eigenvalue weighted by molar-refractivity contribution is -0.265. The molecule has 33 nitrogen and oxygen atoms in total. The molecule has 2 aromatic carbocycles. The van der Waals surface area contributed by atoms with Crippen LogP contribution in [0.4, 0.5) is 11.8 Å². The molecule has 0 unspecified atom stereocenters. The van der Waals surface area contributed by atoms with Crippen molar-refractivity contribution in [3.8, 4) is 11.3 Å². The number of methoxy groups -OCH3 is 3. The Morgan fingerprint density at radius 2 is 1.37 bits per heavy atom. The third kappa shape index (κ3) is 29.4. The number of esters is 2. The number of hydrogen-bond donors (Lipinski definition) is 4. The number of nitrogen functional groups attached to an aromatic ring is 2. The standard InChI is InChI=1S/C94H135N9O24/c1-60-17-12-11-13-18-61(2)78(113-8)55-72-26-21-66(7)94(112,127-72)88(109)91(110)102-31-15-14-19-74(102)92(111)125-79(56-75(104)62(3)50-65(6)86(108)87(115-10)85(107)64(5)49-60)63(4)51-67-23-27-77(80(53-67)114-9)124-82(106)20-16-33-116-35-37-118-39-41-120-43-45-122-47-48-123-46-44-121-42-40-119-38-36-117-34-30-81(105)101-32-29-69-52-68(22-24-71(69)58-101)57-103-90-83(89(95)97-59-98-90)84(100-103)70-25-28-76-73(54-70)99-93(96)126-76/h11-13,17-18,22,24-25,28,50,52,54,59-60,62-64,66-67,72,74,77-80,86-87,108,112H,14-16,19-21,23,26-27,29-49,51,53,55-58H2,1-10H3,(H2,96,99)(H2,95,97,98)/b13-11+,17-12+,61-18+,65-50+/t60-,62-,63-,64-,66-,67+,72+,74+,77-,78+,79+,80-,86-,87+,94-/m1/s1. The summed E-state index contributed by atoms with van der Waals surface area (Å²) in [5, 5.41) is 29.4. The molecule has 0 radical (unpaired) electrons. The maximum absolute atomic E-state index is 14.8. The van der Waals surface area contributed by atoms with Gasteiger partial charge < -0.3 is 102 Å². The molecule has 1 aliphatic carbocycles. The van der Waals surface area contributed by atoms with Gasteiger partial charge in [0.1, 0.15) is 59.6 Å². The largest absolute Gasteiger partial charge is 0.460 e. The van der Waals surface area contributed by atoms with Crippen LogP contribution in [-0.4, -0.2) is 281 Å². The Labute approximate surface area is 744 Å². The number of ketones is 3. The monoisotopic (exact) mass is 1770 g/mol. The number of aromatic nitrogens is 5. The summed E-state index contributed by atoms with van der Waals surface area (Å²) in [4.78, 5) is 115. The molecule has 1 saturated carbocycles. The van der Waals surface area contributed by atoms with Gasteiger partial charge >= 0.3 is 11.9 Å². The van der Waals surface area contributed by atoms with Crippen LogP contribution in [0.2, 0.25) is 0 Å². The van der Waals surface area contributed by atoms with E-state index in [4.69, 9.17) is 87.3 Å². The molecule has 4 aliphatic heterocycles. The number of benzene rings is 2. The first-order chi connectivity index (χ1) is 61.3. The second kappa shape index (κ2) is 51.1. The van der Waals surface area contributed by atoms with Gasteiger partial charge in [0, 0.05) is 90.2 Å². The van der Waals surface area contributed by atoms with Crippen LogP contribution in [0.3, 0.4) is 0 Å². The van der Waals surface area contributed by atoms with Crippen molar-refractivity contribution in [3.63, 3.8) is 0 Å². The number of hydrogen-bond acceptors (Lipinski definition) is 30. The number of ether oxygens (including phenoxy) is 14. The van der Waals surface area contributed by atoms with E-state index in [2.05, 4.69) is 33.2 Å². The lowest BCUT2D eigenvalue weighted by Crippen LogP contribution is -2.61. The third-order valence-corrected chi connectivity index (χ3v) is 24.7. The lowest BCUT2D eigenvalue weighted by Gasteiger charge is -2.42. The summed E-state index contributed by atoms with van der Waals surface area (Å²) < 4.78 is 88.6. The van der Waals surface area contributed by atoms with E-state index in [9.17, 15) is 43.8 Å². The molecule has 3 fully saturated rings. The molecule has 2 saturated heterocycles. The number of nitrogens with two attached hydrogens (primary N) is 2. The molecule has 33 heteroatoms. The zero-order chi connectivity index (χ0) is 90.9. The maximum atomic E-state index is 14.8. The van der Waals surface area contributed by atoms with Gasteiger partial charge in [0.05, 0.1) is 136 Å². The van der Waals surface area contributed by atoms with E-state index in [-0.39, 0.29) is 79.9 Å². The molecule has 7 heterocycles. The molecular weight excluding hydrogens is 1640 g/mol. The van der Waals surface area contributed by atoms with Crippen LogP contribution in [0.1, 0.15) is 161 Å². The summed E-state index contributed by atoms with van der Waals surface area (Å²) in [6, 6.07) is 10.7. The second-order valence-electron chi connectivity index (χ2n) is 34.2. The van der Waals surface area contributed by atoms with Gasteiger partial charge in [-0.2, -0.15) is 10.1 Å². The third-order valence-electron chi connectivity index (χ3n) is 24.7. The minimum absolute atomic E-state index is 0.00454. The molecule has 3 aromatic heterocycles. The van der Waals surface area contributed by atoms with E-state index < -0.39 is 95.9 Å². The molecule has 5 aliphatic rings. The normalized spacial score (nSPS) is 27.0. The Morgan fingerprint density at radius 3 is 2.04 bits per heavy atom. The molecule has 2 amide bonds. The Bertz CT molecular complexity index is 4510.